The van der Waals surface area contributed by atoms with Gasteiger partial charge >= 0.3 is 5.97 Å². The van der Waals surface area contributed by atoms with Crippen molar-refractivity contribution >= 4 is 5.97 Å². The van der Waals surface area contributed by atoms with E-state index >= 15 is 0 Å². The molecular formula is C22H28N2O6. The van der Waals surface area contributed by atoms with Crippen molar-refractivity contribution in [2.75, 3.05) is 20.3 Å². The Kier molecular flexibility index (Phi) is 6.28. The van der Waals surface area contributed by atoms with E-state index in [1.165, 1.54) is 12.3 Å². The third kappa shape index (κ3) is 4.24. The third-order valence-electron chi connectivity index (χ3n) is 5.34. The molecule has 1 unspecified atom stereocenters. The van der Waals surface area contributed by atoms with Gasteiger partial charge in [-0.05, 0) is 23.5 Å². The van der Waals surface area contributed by atoms with E-state index in [1.807, 2.05) is 10.6 Å². The Balaban J connectivity index is 2.14. The first-order chi connectivity index (χ1) is 14.2. The first-order valence-electron chi connectivity index (χ1n) is 9.92. The van der Waals surface area contributed by atoms with Crippen molar-refractivity contribution in [2.24, 2.45) is 5.41 Å². The van der Waals surface area contributed by atoms with Crippen LogP contribution in [0.3, 0.4) is 0 Å². The van der Waals surface area contributed by atoms with Crippen molar-refractivity contribution in [3.8, 4) is 17.1 Å². The number of methoxy groups -OCH3 is 1. The Bertz CT molecular complexity index is 1010. The van der Waals surface area contributed by atoms with Crippen LogP contribution < -0.4 is 10.2 Å². The topological polar surface area (TPSA) is 111 Å². The first-order valence-corrected chi connectivity index (χ1v) is 9.92. The van der Waals surface area contributed by atoms with Crippen molar-refractivity contribution in [1.82, 2.24) is 9.55 Å². The van der Waals surface area contributed by atoms with E-state index in [4.69, 9.17) is 9.47 Å². The molecule has 2 aromatic rings. The summed E-state index contributed by atoms with van der Waals surface area (Å²) in [7, 11) is 1.63. The molecule has 1 aliphatic rings. The van der Waals surface area contributed by atoms with Gasteiger partial charge in [0, 0.05) is 38.4 Å². The smallest absolute Gasteiger partial charge is 0.341 e. The van der Waals surface area contributed by atoms with Gasteiger partial charge in [0.1, 0.15) is 17.0 Å². The lowest BCUT2D eigenvalue weighted by atomic mass is 9.79. The molecule has 0 saturated carbocycles. The van der Waals surface area contributed by atoms with Crippen LogP contribution in [0.15, 0.2) is 23.1 Å². The summed E-state index contributed by atoms with van der Waals surface area (Å²) in [6, 6.07) is 3.12. The SMILES string of the molecule is COCCCOc1cc2c(nc1CO)-c1cc(=O)c(C(=O)O)cn1C(C(C)(C)C)C2. The lowest BCUT2D eigenvalue weighted by Crippen LogP contribution is -2.33. The Labute approximate surface area is 175 Å². The molecule has 8 nitrogen and oxygen atoms in total. The van der Waals surface area contributed by atoms with Crippen LogP contribution in [0, 0.1) is 5.41 Å². The number of hydrogen-bond acceptors (Lipinski definition) is 6. The van der Waals surface area contributed by atoms with Crippen LogP contribution in [0.2, 0.25) is 0 Å². The molecule has 2 aromatic heterocycles. The fourth-order valence-corrected chi connectivity index (χ4v) is 3.76. The van der Waals surface area contributed by atoms with Crippen molar-refractivity contribution in [1.29, 1.82) is 0 Å². The van der Waals surface area contributed by atoms with Crippen LogP contribution in [0.1, 0.15) is 54.8 Å². The molecule has 0 fully saturated rings. The van der Waals surface area contributed by atoms with E-state index < -0.39 is 11.4 Å². The first kappa shape index (κ1) is 22.0. The van der Waals surface area contributed by atoms with Crippen LogP contribution >= 0.6 is 0 Å². The molecule has 0 spiro atoms. The number of carbonyl (C=O) groups is 1. The Hall–Kier alpha value is -2.71. The van der Waals surface area contributed by atoms with E-state index in [1.54, 1.807) is 7.11 Å². The standard InChI is InChI=1S/C22H28N2O6/c1-22(2,3)19-9-13-8-18(30-7-5-6-29-4)15(12-25)23-20(13)16-10-17(26)14(21(27)28)11-24(16)19/h8,10-11,19,25H,5-7,9,12H2,1-4H3,(H,27,28). The zero-order valence-electron chi connectivity index (χ0n) is 17.8. The van der Waals surface area contributed by atoms with Gasteiger partial charge in [-0.25, -0.2) is 9.78 Å². The summed E-state index contributed by atoms with van der Waals surface area (Å²) in [5.74, 6) is -0.740. The summed E-state index contributed by atoms with van der Waals surface area (Å²) >= 11 is 0. The highest BCUT2D eigenvalue weighted by atomic mass is 16.5. The van der Waals surface area contributed by atoms with Gasteiger partial charge in [-0.15, -0.1) is 0 Å². The van der Waals surface area contributed by atoms with E-state index in [0.717, 1.165) is 5.56 Å². The molecule has 30 heavy (non-hydrogen) atoms. The summed E-state index contributed by atoms with van der Waals surface area (Å²) in [5.41, 5.74) is 1.35. The van der Waals surface area contributed by atoms with Crippen LogP contribution in [0.5, 0.6) is 5.75 Å². The summed E-state index contributed by atoms with van der Waals surface area (Å²) in [6.07, 6.45) is 2.72. The minimum absolute atomic E-state index is 0.0817. The number of carboxylic acid groups (broad SMARTS) is 1. The lowest BCUT2D eigenvalue weighted by molar-refractivity contribution is 0.0693. The second kappa shape index (κ2) is 8.57. The number of hydrogen-bond donors (Lipinski definition) is 2. The van der Waals surface area contributed by atoms with E-state index in [9.17, 15) is 19.8 Å². The maximum atomic E-state index is 12.4. The molecule has 0 aliphatic carbocycles. The number of nitrogens with zero attached hydrogens (tertiary/aromatic N) is 2. The molecule has 0 amide bonds. The Morgan fingerprint density at radius 1 is 1.30 bits per heavy atom. The quantitative estimate of drug-likeness (QED) is 0.668. The molecule has 1 aliphatic heterocycles. The molecule has 162 valence electrons. The van der Waals surface area contributed by atoms with Crippen molar-refractivity contribution in [3.63, 3.8) is 0 Å². The van der Waals surface area contributed by atoms with Crippen LogP contribution in [0.4, 0.5) is 0 Å². The normalized spacial score (nSPS) is 15.4. The largest absolute Gasteiger partial charge is 0.491 e. The zero-order valence-corrected chi connectivity index (χ0v) is 17.8. The number of pyridine rings is 2. The van der Waals surface area contributed by atoms with Gasteiger partial charge in [-0.1, -0.05) is 20.8 Å². The number of aliphatic hydroxyl groups excluding tert-OH is 1. The monoisotopic (exact) mass is 416 g/mol. The van der Waals surface area contributed by atoms with Crippen LogP contribution in [0.25, 0.3) is 11.4 Å². The van der Waals surface area contributed by atoms with Gasteiger partial charge in [-0.2, -0.15) is 0 Å². The molecule has 0 aromatic carbocycles. The highest BCUT2D eigenvalue weighted by Gasteiger charge is 2.34. The minimum atomic E-state index is -1.25. The van der Waals surface area contributed by atoms with Gasteiger partial charge in [0.25, 0.3) is 0 Å². The molecule has 0 bridgehead atoms. The molecule has 8 heteroatoms. The van der Waals surface area contributed by atoms with Gasteiger partial charge in [0.2, 0.25) is 0 Å². The molecule has 1 atom stereocenters. The average Bonchev–Trinajstić information content (AvgIpc) is 2.68. The summed E-state index contributed by atoms with van der Waals surface area (Å²) < 4.78 is 12.7. The number of aromatic nitrogens is 2. The average molecular weight is 416 g/mol. The predicted octanol–water partition coefficient (Wildman–Crippen LogP) is 2.66. The summed E-state index contributed by atoms with van der Waals surface area (Å²) in [5, 5.41) is 19.2. The molecule has 3 heterocycles. The number of aromatic carboxylic acids is 1. The van der Waals surface area contributed by atoms with Crippen molar-refractivity contribution < 1.29 is 24.5 Å². The number of carboxylic acids is 1. The van der Waals surface area contributed by atoms with Crippen molar-refractivity contribution in [2.45, 2.75) is 46.3 Å². The maximum absolute atomic E-state index is 12.4. The number of fused-ring (bicyclic) bond motifs is 3. The van der Waals surface area contributed by atoms with E-state index in [0.29, 0.717) is 48.9 Å². The van der Waals surface area contributed by atoms with Crippen molar-refractivity contribution in [3.05, 3.63) is 45.4 Å². The van der Waals surface area contributed by atoms with Gasteiger partial charge in [0.05, 0.1) is 24.6 Å². The fraction of sp³-hybridized carbons (Fsp3) is 0.500. The third-order valence-corrected chi connectivity index (χ3v) is 5.34. The Morgan fingerprint density at radius 3 is 2.63 bits per heavy atom. The van der Waals surface area contributed by atoms with Crippen LogP contribution in [-0.2, 0) is 17.8 Å². The van der Waals surface area contributed by atoms with Gasteiger partial charge in [0.15, 0.2) is 5.43 Å². The van der Waals surface area contributed by atoms with Crippen LogP contribution in [-0.4, -0.2) is 46.1 Å². The number of aliphatic hydroxyl groups is 1. The highest BCUT2D eigenvalue weighted by Crippen LogP contribution is 2.43. The summed E-state index contributed by atoms with van der Waals surface area (Å²) in [6.45, 7) is 6.91. The van der Waals surface area contributed by atoms with E-state index in [2.05, 4.69) is 25.8 Å². The zero-order chi connectivity index (χ0) is 22.1. The molecule has 2 N–H and O–H groups in total. The summed E-state index contributed by atoms with van der Waals surface area (Å²) in [4.78, 5) is 28.5. The maximum Gasteiger partial charge on any atom is 0.341 e. The highest BCUT2D eigenvalue weighted by molar-refractivity contribution is 5.87. The molecular weight excluding hydrogens is 388 g/mol. The minimum Gasteiger partial charge on any atom is -0.491 e. The molecule has 0 radical (unpaired) electrons. The van der Waals surface area contributed by atoms with E-state index in [-0.39, 0.29) is 23.6 Å². The molecule has 0 saturated heterocycles. The number of ether oxygens (including phenoxy) is 2. The second-order valence-electron chi connectivity index (χ2n) is 8.53. The fourth-order valence-electron chi connectivity index (χ4n) is 3.76. The lowest BCUT2D eigenvalue weighted by Gasteiger charge is -2.38. The second-order valence-corrected chi connectivity index (χ2v) is 8.53. The Morgan fingerprint density at radius 2 is 2.03 bits per heavy atom. The van der Waals surface area contributed by atoms with Gasteiger partial charge < -0.3 is 24.3 Å². The van der Waals surface area contributed by atoms with Gasteiger partial charge in [-0.3, -0.25) is 4.79 Å². The predicted molar refractivity (Wildman–Crippen MR) is 111 cm³/mol. The molecule has 3 rings (SSSR count). The number of rotatable bonds is 7.